The van der Waals surface area contributed by atoms with E-state index < -0.39 is 0 Å². The van der Waals surface area contributed by atoms with Gasteiger partial charge in [-0.3, -0.25) is 14.3 Å². The maximum Gasteiger partial charge on any atom is 0.255 e. The van der Waals surface area contributed by atoms with Crippen LogP contribution in [0.5, 0.6) is 0 Å². The number of fused-ring (bicyclic) bond motifs is 1. The van der Waals surface area contributed by atoms with Gasteiger partial charge in [-0.2, -0.15) is 5.10 Å². The Kier molecular flexibility index (Phi) is 4.23. The molecule has 1 unspecified atom stereocenters. The molecule has 2 N–H and O–H groups in total. The van der Waals surface area contributed by atoms with Gasteiger partial charge in [0.1, 0.15) is 0 Å². The molecular formula is C18H20N4O3. The van der Waals surface area contributed by atoms with Crippen molar-refractivity contribution in [2.75, 3.05) is 17.2 Å². The quantitative estimate of drug-likeness (QED) is 0.893. The summed E-state index contributed by atoms with van der Waals surface area (Å²) in [6, 6.07) is 5.33. The van der Waals surface area contributed by atoms with E-state index in [2.05, 4.69) is 15.7 Å². The van der Waals surface area contributed by atoms with Crippen LogP contribution in [0.4, 0.5) is 11.4 Å². The second kappa shape index (κ2) is 6.68. The molecule has 1 atom stereocenters. The number of rotatable bonds is 4. The molecule has 25 heavy (non-hydrogen) atoms. The van der Waals surface area contributed by atoms with Crippen LogP contribution in [-0.2, 0) is 22.5 Å². The lowest BCUT2D eigenvalue weighted by atomic mass is 10.00. The van der Waals surface area contributed by atoms with Gasteiger partial charge in [0.2, 0.25) is 5.91 Å². The van der Waals surface area contributed by atoms with Crippen LogP contribution < -0.4 is 10.6 Å². The highest BCUT2D eigenvalue weighted by molar-refractivity contribution is 6.05. The van der Waals surface area contributed by atoms with E-state index in [1.54, 1.807) is 23.0 Å². The fourth-order valence-corrected chi connectivity index (χ4v) is 3.25. The molecule has 7 nitrogen and oxygen atoms in total. The molecule has 4 rings (SSSR count). The fourth-order valence-electron chi connectivity index (χ4n) is 3.25. The minimum atomic E-state index is -0.184. The van der Waals surface area contributed by atoms with Gasteiger partial charge in [-0.1, -0.05) is 0 Å². The van der Waals surface area contributed by atoms with Gasteiger partial charge in [0, 0.05) is 30.5 Å². The van der Waals surface area contributed by atoms with E-state index in [9.17, 15) is 9.59 Å². The molecular weight excluding hydrogens is 320 g/mol. The first-order chi connectivity index (χ1) is 12.2. The van der Waals surface area contributed by atoms with Crippen LogP contribution in [0.3, 0.4) is 0 Å². The topological polar surface area (TPSA) is 85.2 Å². The largest absolute Gasteiger partial charge is 0.376 e. The Morgan fingerprint density at radius 3 is 3.16 bits per heavy atom. The van der Waals surface area contributed by atoms with Gasteiger partial charge in [-0.05, 0) is 43.0 Å². The Labute approximate surface area is 145 Å². The summed E-state index contributed by atoms with van der Waals surface area (Å²) in [4.78, 5) is 23.9. The average Bonchev–Trinajstić information content (AvgIpc) is 3.27. The second-order valence-corrected chi connectivity index (χ2v) is 6.46. The summed E-state index contributed by atoms with van der Waals surface area (Å²) in [6.07, 6.45) is 6.92. The molecule has 2 aliphatic heterocycles. The van der Waals surface area contributed by atoms with E-state index >= 15 is 0 Å². The van der Waals surface area contributed by atoms with E-state index in [1.807, 2.05) is 12.3 Å². The molecule has 130 valence electrons. The Balaban J connectivity index is 1.42. The van der Waals surface area contributed by atoms with Crippen molar-refractivity contribution >= 4 is 23.2 Å². The maximum atomic E-state index is 12.5. The van der Waals surface area contributed by atoms with Gasteiger partial charge >= 0.3 is 0 Å². The van der Waals surface area contributed by atoms with E-state index in [0.29, 0.717) is 30.6 Å². The van der Waals surface area contributed by atoms with E-state index in [-0.39, 0.29) is 17.9 Å². The minimum Gasteiger partial charge on any atom is -0.376 e. The number of benzene rings is 1. The summed E-state index contributed by atoms with van der Waals surface area (Å²) in [6.45, 7) is 1.52. The summed E-state index contributed by atoms with van der Waals surface area (Å²) in [7, 11) is 0. The van der Waals surface area contributed by atoms with Crippen molar-refractivity contribution in [1.82, 2.24) is 9.78 Å². The van der Waals surface area contributed by atoms with Crippen LogP contribution in [-0.4, -0.2) is 34.3 Å². The lowest BCUT2D eigenvalue weighted by Crippen LogP contribution is -2.20. The number of ether oxygens (including phenoxy) is 1. The van der Waals surface area contributed by atoms with Gasteiger partial charge in [0.05, 0.1) is 24.5 Å². The number of hydrogen-bond donors (Lipinski definition) is 2. The standard InChI is InChI=1S/C18H20N4O3/c23-17-6-4-12-8-13(3-5-16(12)21-17)18(24)20-14-9-19-22(10-14)11-15-2-1-7-25-15/h3,5,8-10,15H,1-2,4,6-7,11H2,(H,20,24)(H,21,23). The summed E-state index contributed by atoms with van der Waals surface area (Å²) >= 11 is 0. The Bertz CT molecular complexity index is 808. The molecule has 0 radical (unpaired) electrons. The summed E-state index contributed by atoms with van der Waals surface area (Å²) in [5.74, 6) is -0.167. The molecule has 3 heterocycles. The van der Waals surface area contributed by atoms with Crippen LogP contribution in [0.2, 0.25) is 0 Å². The number of anilines is 2. The molecule has 0 bridgehead atoms. The smallest absolute Gasteiger partial charge is 0.255 e. The van der Waals surface area contributed by atoms with Crippen LogP contribution in [0.25, 0.3) is 0 Å². The maximum absolute atomic E-state index is 12.5. The predicted octanol–water partition coefficient (Wildman–Crippen LogP) is 2.20. The fraction of sp³-hybridized carbons (Fsp3) is 0.389. The van der Waals surface area contributed by atoms with Crippen molar-refractivity contribution in [3.05, 3.63) is 41.7 Å². The monoisotopic (exact) mass is 340 g/mol. The number of carbonyl (C=O) groups excluding carboxylic acids is 2. The van der Waals surface area contributed by atoms with Crippen molar-refractivity contribution in [2.24, 2.45) is 0 Å². The van der Waals surface area contributed by atoms with Crippen molar-refractivity contribution in [3.8, 4) is 0 Å². The highest BCUT2D eigenvalue weighted by atomic mass is 16.5. The van der Waals surface area contributed by atoms with E-state index in [4.69, 9.17) is 4.74 Å². The predicted molar refractivity (Wildman–Crippen MR) is 92.5 cm³/mol. The van der Waals surface area contributed by atoms with Crippen LogP contribution >= 0.6 is 0 Å². The third-order valence-electron chi connectivity index (χ3n) is 4.57. The summed E-state index contributed by atoms with van der Waals surface area (Å²) < 4.78 is 7.40. The average molecular weight is 340 g/mol. The molecule has 1 saturated heterocycles. The molecule has 2 amide bonds. The molecule has 1 aromatic heterocycles. The minimum absolute atomic E-state index is 0.0170. The van der Waals surface area contributed by atoms with Crippen LogP contribution in [0, 0.1) is 0 Å². The number of amides is 2. The molecule has 1 aromatic carbocycles. The van der Waals surface area contributed by atoms with Crippen molar-refractivity contribution in [2.45, 2.75) is 38.3 Å². The molecule has 2 aliphatic rings. The molecule has 0 spiro atoms. The van der Waals surface area contributed by atoms with Gasteiger partial charge in [0.25, 0.3) is 5.91 Å². The Hall–Kier alpha value is -2.67. The van der Waals surface area contributed by atoms with Crippen molar-refractivity contribution < 1.29 is 14.3 Å². The van der Waals surface area contributed by atoms with Crippen molar-refractivity contribution in [3.63, 3.8) is 0 Å². The number of nitrogens with one attached hydrogen (secondary N) is 2. The number of aryl methyl sites for hydroxylation is 1. The van der Waals surface area contributed by atoms with Gasteiger partial charge < -0.3 is 15.4 Å². The van der Waals surface area contributed by atoms with Crippen molar-refractivity contribution in [1.29, 1.82) is 0 Å². The number of hydrogen-bond acceptors (Lipinski definition) is 4. The zero-order valence-electron chi connectivity index (χ0n) is 13.8. The molecule has 0 saturated carbocycles. The number of nitrogens with zero attached hydrogens (tertiary/aromatic N) is 2. The molecule has 2 aromatic rings. The second-order valence-electron chi connectivity index (χ2n) is 6.46. The highest BCUT2D eigenvalue weighted by Crippen LogP contribution is 2.24. The third kappa shape index (κ3) is 3.56. The van der Waals surface area contributed by atoms with Crippen LogP contribution in [0.1, 0.15) is 35.2 Å². The number of aromatic nitrogens is 2. The first-order valence-electron chi connectivity index (χ1n) is 8.55. The summed E-state index contributed by atoms with van der Waals surface area (Å²) in [5.41, 5.74) is 3.01. The highest BCUT2D eigenvalue weighted by Gasteiger charge is 2.18. The summed E-state index contributed by atoms with van der Waals surface area (Å²) in [5, 5.41) is 9.97. The Morgan fingerprint density at radius 2 is 2.32 bits per heavy atom. The van der Waals surface area contributed by atoms with Gasteiger partial charge in [0.15, 0.2) is 0 Å². The molecule has 0 aliphatic carbocycles. The van der Waals surface area contributed by atoms with E-state index in [0.717, 1.165) is 30.7 Å². The van der Waals surface area contributed by atoms with Gasteiger partial charge in [-0.25, -0.2) is 0 Å². The molecule has 1 fully saturated rings. The van der Waals surface area contributed by atoms with E-state index in [1.165, 1.54) is 0 Å². The SMILES string of the molecule is O=C1CCc2cc(C(=O)Nc3cnn(CC4CCCO4)c3)ccc2N1. The lowest BCUT2D eigenvalue weighted by Gasteiger charge is -2.17. The molecule has 7 heteroatoms. The zero-order valence-corrected chi connectivity index (χ0v) is 13.8. The Morgan fingerprint density at radius 1 is 1.40 bits per heavy atom. The lowest BCUT2D eigenvalue weighted by molar-refractivity contribution is -0.116. The first kappa shape index (κ1) is 15.8. The van der Waals surface area contributed by atoms with Gasteiger partial charge in [-0.15, -0.1) is 0 Å². The zero-order chi connectivity index (χ0) is 17.2. The third-order valence-corrected chi connectivity index (χ3v) is 4.57. The first-order valence-corrected chi connectivity index (χ1v) is 8.55. The van der Waals surface area contributed by atoms with Crippen LogP contribution in [0.15, 0.2) is 30.6 Å². The number of carbonyl (C=O) groups is 2. The normalized spacial score (nSPS) is 19.4.